The standard InChI is InChI=1S/C21H23N3O5/c1-13(2)24-18-10-9-16(28-4)11-17(18)20(21(24)26)23-22-19(25)12-29-15-7-5-14(27-3)6-8-15/h5-11,13,26H,12H2,1-4H3. The Bertz CT molecular complexity index is 1040. The Labute approximate surface area is 168 Å². The summed E-state index contributed by atoms with van der Waals surface area (Å²) in [5.74, 6) is 1.18. The SMILES string of the molecule is COc1ccc(OCC(=O)N=Nc2c(O)n(C(C)C)c3ccc(OC)cc23)cc1. The van der Waals surface area contributed by atoms with Gasteiger partial charge in [0.15, 0.2) is 12.3 Å². The fourth-order valence-corrected chi connectivity index (χ4v) is 2.96. The second-order valence-corrected chi connectivity index (χ2v) is 6.58. The molecule has 1 aromatic heterocycles. The van der Waals surface area contributed by atoms with Crippen LogP contribution in [0.2, 0.25) is 0 Å². The maximum atomic E-state index is 12.1. The summed E-state index contributed by atoms with van der Waals surface area (Å²) in [5, 5.41) is 19.0. The Kier molecular flexibility index (Phi) is 6.01. The lowest BCUT2D eigenvalue weighted by molar-refractivity contribution is -0.120. The summed E-state index contributed by atoms with van der Waals surface area (Å²) >= 11 is 0. The second kappa shape index (κ2) is 8.64. The first-order valence-corrected chi connectivity index (χ1v) is 9.07. The Morgan fingerprint density at radius 1 is 1.03 bits per heavy atom. The van der Waals surface area contributed by atoms with Gasteiger partial charge in [0, 0.05) is 11.4 Å². The normalized spacial score (nSPS) is 11.3. The van der Waals surface area contributed by atoms with E-state index in [2.05, 4.69) is 10.2 Å². The molecule has 8 heteroatoms. The van der Waals surface area contributed by atoms with E-state index in [-0.39, 0.29) is 24.2 Å². The van der Waals surface area contributed by atoms with Gasteiger partial charge in [-0.2, -0.15) is 0 Å². The molecule has 1 N–H and O–H groups in total. The van der Waals surface area contributed by atoms with E-state index in [0.29, 0.717) is 22.6 Å². The van der Waals surface area contributed by atoms with Crippen LogP contribution in [0.4, 0.5) is 5.69 Å². The highest BCUT2D eigenvalue weighted by atomic mass is 16.5. The topological polar surface area (TPSA) is 94.6 Å². The lowest BCUT2D eigenvalue weighted by Crippen LogP contribution is -2.07. The van der Waals surface area contributed by atoms with E-state index in [1.165, 1.54) is 0 Å². The van der Waals surface area contributed by atoms with Crippen molar-refractivity contribution in [3.05, 3.63) is 42.5 Å². The molecule has 1 amide bonds. The Morgan fingerprint density at radius 3 is 2.28 bits per heavy atom. The Hall–Kier alpha value is -3.55. The Balaban J connectivity index is 1.81. The molecule has 29 heavy (non-hydrogen) atoms. The van der Waals surface area contributed by atoms with Crippen molar-refractivity contribution >= 4 is 22.5 Å². The lowest BCUT2D eigenvalue weighted by atomic mass is 10.2. The van der Waals surface area contributed by atoms with Crippen molar-refractivity contribution in [3.63, 3.8) is 0 Å². The molecule has 0 atom stereocenters. The van der Waals surface area contributed by atoms with Crippen molar-refractivity contribution in [1.82, 2.24) is 4.57 Å². The molecular formula is C21H23N3O5. The molecule has 0 saturated carbocycles. The summed E-state index contributed by atoms with van der Waals surface area (Å²) in [6.45, 7) is 3.61. The zero-order valence-electron chi connectivity index (χ0n) is 16.7. The van der Waals surface area contributed by atoms with Crippen LogP contribution in [0.15, 0.2) is 52.7 Å². The summed E-state index contributed by atoms with van der Waals surface area (Å²) in [4.78, 5) is 12.1. The zero-order valence-corrected chi connectivity index (χ0v) is 16.7. The van der Waals surface area contributed by atoms with Gasteiger partial charge in [0.2, 0.25) is 5.88 Å². The molecule has 0 aliphatic rings. The first-order valence-electron chi connectivity index (χ1n) is 9.07. The predicted molar refractivity (Wildman–Crippen MR) is 109 cm³/mol. The molecule has 1 heterocycles. The van der Waals surface area contributed by atoms with Crippen LogP contribution in [0, 0.1) is 0 Å². The zero-order chi connectivity index (χ0) is 21.0. The molecule has 0 bridgehead atoms. The third-order valence-electron chi connectivity index (χ3n) is 4.36. The van der Waals surface area contributed by atoms with E-state index in [4.69, 9.17) is 14.2 Å². The molecule has 3 aromatic rings. The largest absolute Gasteiger partial charge is 0.497 e. The minimum absolute atomic E-state index is 0.0102. The third kappa shape index (κ3) is 4.31. The monoisotopic (exact) mass is 397 g/mol. The first-order chi connectivity index (χ1) is 13.9. The van der Waals surface area contributed by atoms with Crippen LogP contribution in [0.1, 0.15) is 19.9 Å². The van der Waals surface area contributed by atoms with Crippen LogP contribution in [-0.2, 0) is 4.79 Å². The fraction of sp³-hybridized carbons (Fsp3) is 0.286. The van der Waals surface area contributed by atoms with E-state index in [9.17, 15) is 9.90 Å². The molecule has 0 radical (unpaired) electrons. The van der Waals surface area contributed by atoms with Crippen LogP contribution in [0.3, 0.4) is 0 Å². The maximum Gasteiger partial charge on any atom is 0.302 e. The van der Waals surface area contributed by atoms with Gasteiger partial charge in [-0.05, 0) is 56.3 Å². The maximum absolute atomic E-state index is 12.1. The van der Waals surface area contributed by atoms with Gasteiger partial charge in [0.05, 0.1) is 19.7 Å². The van der Waals surface area contributed by atoms with Crippen molar-refractivity contribution in [2.45, 2.75) is 19.9 Å². The van der Waals surface area contributed by atoms with Gasteiger partial charge < -0.3 is 23.9 Å². The summed E-state index contributed by atoms with van der Waals surface area (Å²) < 4.78 is 17.5. The van der Waals surface area contributed by atoms with Gasteiger partial charge in [0.1, 0.15) is 17.2 Å². The van der Waals surface area contributed by atoms with Crippen LogP contribution in [0.5, 0.6) is 23.1 Å². The fourth-order valence-electron chi connectivity index (χ4n) is 2.96. The van der Waals surface area contributed by atoms with Crippen molar-refractivity contribution < 1.29 is 24.1 Å². The van der Waals surface area contributed by atoms with E-state index in [1.54, 1.807) is 55.2 Å². The average Bonchev–Trinajstić information content (AvgIpc) is 3.01. The van der Waals surface area contributed by atoms with Gasteiger partial charge in [0.25, 0.3) is 0 Å². The summed E-state index contributed by atoms with van der Waals surface area (Å²) in [6, 6.07) is 12.2. The molecular weight excluding hydrogens is 374 g/mol. The number of azo groups is 1. The van der Waals surface area contributed by atoms with Crippen LogP contribution in [-0.4, -0.2) is 36.4 Å². The molecule has 0 saturated heterocycles. The van der Waals surface area contributed by atoms with Crippen molar-refractivity contribution in [2.75, 3.05) is 20.8 Å². The highest BCUT2D eigenvalue weighted by Crippen LogP contribution is 2.42. The van der Waals surface area contributed by atoms with Gasteiger partial charge in [-0.1, -0.05) is 0 Å². The van der Waals surface area contributed by atoms with E-state index >= 15 is 0 Å². The number of rotatable bonds is 7. The van der Waals surface area contributed by atoms with Crippen molar-refractivity contribution in [3.8, 4) is 23.1 Å². The lowest BCUT2D eigenvalue weighted by Gasteiger charge is -2.10. The summed E-state index contributed by atoms with van der Waals surface area (Å²) in [5.41, 5.74) is 0.986. The second-order valence-electron chi connectivity index (χ2n) is 6.58. The minimum Gasteiger partial charge on any atom is -0.497 e. The quantitative estimate of drug-likeness (QED) is 0.586. The number of benzene rings is 2. The number of aromatic hydroxyl groups is 1. The molecule has 3 rings (SSSR count). The summed E-state index contributed by atoms with van der Waals surface area (Å²) in [6.07, 6.45) is 0. The van der Waals surface area contributed by atoms with Gasteiger partial charge in [-0.3, -0.25) is 4.79 Å². The van der Waals surface area contributed by atoms with Crippen molar-refractivity contribution in [2.24, 2.45) is 10.2 Å². The number of methoxy groups -OCH3 is 2. The molecule has 8 nitrogen and oxygen atoms in total. The number of aromatic nitrogens is 1. The molecule has 0 aliphatic heterocycles. The number of nitrogens with zero attached hydrogens (tertiary/aromatic N) is 3. The molecule has 152 valence electrons. The number of fused-ring (bicyclic) bond motifs is 1. The number of amides is 1. The molecule has 0 unspecified atom stereocenters. The number of carbonyl (C=O) groups excluding carboxylic acids is 1. The number of hydrogen-bond donors (Lipinski definition) is 1. The van der Waals surface area contributed by atoms with Crippen molar-refractivity contribution in [1.29, 1.82) is 0 Å². The summed E-state index contributed by atoms with van der Waals surface area (Å²) in [7, 11) is 3.13. The first kappa shape index (κ1) is 20.2. The predicted octanol–water partition coefficient (Wildman–Crippen LogP) is 4.63. The van der Waals surface area contributed by atoms with E-state index in [0.717, 1.165) is 5.52 Å². The highest BCUT2D eigenvalue weighted by molar-refractivity contribution is 5.96. The number of hydrogen-bond acceptors (Lipinski definition) is 6. The molecule has 0 aliphatic carbocycles. The van der Waals surface area contributed by atoms with E-state index in [1.807, 2.05) is 19.9 Å². The smallest absolute Gasteiger partial charge is 0.302 e. The molecule has 0 fully saturated rings. The molecule has 0 spiro atoms. The Morgan fingerprint density at radius 2 is 1.66 bits per heavy atom. The van der Waals surface area contributed by atoms with Crippen LogP contribution >= 0.6 is 0 Å². The van der Waals surface area contributed by atoms with E-state index < -0.39 is 5.91 Å². The third-order valence-corrected chi connectivity index (χ3v) is 4.36. The highest BCUT2D eigenvalue weighted by Gasteiger charge is 2.19. The van der Waals surface area contributed by atoms with Crippen LogP contribution < -0.4 is 14.2 Å². The van der Waals surface area contributed by atoms with Gasteiger partial charge >= 0.3 is 5.91 Å². The number of ether oxygens (including phenoxy) is 3. The van der Waals surface area contributed by atoms with Crippen LogP contribution in [0.25, 0.3) is 10.9 Å². The minimum atomic E-state index is -0.575. The average molecular weight is 397 g/mol. The number of carbonyl (C=O) groups is 1. The molecule has 2 aromatic carbocycles. The van der Waals surface area contributed by atoms with Gasteiger partial charge in [-0.15, -0.1) is 10.2 Å². The van der Waals surface area contributed by atoms with Gasteiger partial charge in [-0.25, -0.2) is 0 Å².